The molecule has 0 aromatic heterocycles. The fourth-order valence-corrected chi connectivity index (χ4v) is 1.70. The lowest BCUT2D eigenvalue weighted by atomic mass is 9.86. The SMILES string of the molecule is CC(C)NCC(C)(C)CCc1ccccc1. The number of benzene rings is 1. The van der Waals surface area contributed by atoms with Gasteiger partial charge in [-0.1, -0.05) is 58.0 Å². The highest BCUT2D eigenvalue weighted by Gasteiger charge is 2.17. The molecule has 1 aromatic rings. The van der Waals surface area contributed by atoms with E-state index >= 15 is 0 Å². The van der Waals surface area contributed by atoms with Crippen molar-refractivity contribution in [1.29, 1.82) is 0 Å². The van der Waals surface area contributed by atoms with Crippen molar-refractivity contribution < 1.29 is 0 Å². The van der Waals surface area contributed by atoms with Crippen molar-refractivity contribution in [2.75, 3.05) is 6.54 Å². The Balaban J connectivity index is 2.36. The first-order chi connectivity index (χ1) is 7.49. The van der Waals surface area contributed by atoms with Crippen LogP contribution in [0, 0.1) is 5.41 Å². The molecule has 1 rings (SSSR count). The maximum Gasteiger partial charge on any atom is 0.00106 e. The minimum absolute atomic E-state index is 0.375. The van der Waals surface area contributed by atoms with Crippen LogP contribution < -0.4 is 5.32 Å². The normalized spacial score (nSPS) is 12.1. The molecule has 0 spiro atoms. The first kappa shape index (κ1) is 13.2. The second-order valence-corrected chi connectivity index (χ2v) is 5.69. The molecule has 0 fully saturated rings. The van der Waals surface area contributed by atoms with E-state index in [1.165, 1.54) is 18.4 Å². The van der Waals surface area contributed by atoms with E-state index in [1.54, 1.807) is 0 Å². The molecule has 0 atom stereocenters. The molecule has 0 aliphatic rings. The standard InChI is InChI=1S/C15H25N/c1-13(2)16-12-15(3,4)11-10-14-8-6-5-7-9-14/h5-9,13,16H,10-12H2,1-4H3. The van der Waals surface area contributed by atoms with Gasteiger partial charge in [-0.25, -0.2) is 0 Å². The highest BCUT2D eigenvalue weighted by Crippen LogP contribution is 2.22. The summed E-state index contributed by atoms with van der Waals surface area (Å²) >= 11 is 0. The molecule has 0 aliphatic heterocycles. The molecule has 0 amide bonds. The van der Waals surface area contributed by atoms with E-state index in [9.17, 15) is 0 Å². The summed E-state index contributed by atoms with van der Waals surface area (Å²) in [6.07, 6.45) is 2.41. The first-order valence-electron chi connectivity index (χ1n) is 6.27. The third-order valence-corrected chi connectivity index (χ3v) is 2.92. The van der Waals surface area contributed by atoms with Crippen molar-refractivity contribution >= 4 is 0 Å². The van der Waals surface area contributed by atoms with E-state index in [1.807, 2.05) is 0 Å². The van der Waals surface area contributed by atoms with Gasteiger partial charge in [0.2, 0.25) is 0 Å². The Hall–Kier alpha value is -0.820. The van der Waals surface area contributed by atoms with Crippen molar-refractivity contribution in [2.45, 2.75) is 46.6 Å². The van der Waals surface area contributed by atoms with Crippen LogP contribution >= 0.6 is 0 Å². The van der Waals surface area contributed by atoms with Crippen LogP contribution in [0.4, 0.5) is 0 Å². The van der Waals surface area contributed by atoms with Crippen molar-refractivity contribution in [3.63, 3.8) is 0 Å². The molecule has 0 heterocycles. The lowest BCUT2D eigenvalue weighted by molar-refractivity contribution is 0.304. The summed E-state index contributed by atoms with van der Waals surface area (Å²) in [4.78, 5) is 0. The molecule has 0 saturated heterocycles. The van der Waals surface area contributed by atoms with E-state index in [0.29, 0.717) is 11.5 Å². The minimum Gasteiger partial charge on any atom is -0.314 e. The van der Waals surface area contributed by atoms with Crippen molar-refractivity contribution in [1.82, 2.24) is 5.32 Å². The van der Waals surface area contributed by atoms with Gasteiger partial charge in [0.1, 0.15) is 0 Å². The fraction of sp³-hybridized carbons (Fsp3) is 0.600. The number of rotatable bonds is 6. The summed E-state index contributed by atoms with van der Waals surface area (Å²) in [5, 5.41) is 3.52. The van der Waals surface area contributed by atoms with E-state index in [4.69, 9.17) is 0 Å². The van der Waals surface area contributed by atoms with Gasteiger partial charge in [-0.05, 0) is 23.8 Å². The van der Waals surface area contributed by atoms with Gasteiger partial charge >= 0.3 is 0 Å². The zero-order valence-corrected chi connectivity index (χ0v) is 11.1. The van der Waals surface area contributed by atoms with Gasteiger partial charge in [0.25, 0.3) is 0 Å². The molecule has 1 heteroatoms. The van der Waals surface area contributed by atoms with E-state index < -0.39 is 0 Å². The number of hydrogen-bond acceptors (Lipinski definition) is 1. The molecule has 0 aliphatic carbocycles. The average molecular weight is 219 g/mol. The van der Waals surface area contributed by atoms with Gasteiger partial charge in [-0.15, -0.1) is 0 Å². The minimum atomic E-state index is 0.375. The molecule has 90 valence electrons. The molecule has 1 nitrogen and oxygen atoms in total. The van der Waals surface area contributed by atoms with Crippen LogP contribution in [0.1, 0.15) is 39.7 Å². The summed E-state index contributed by atoms with van der Waals surface area (Å²) in [7, 11) is 0. The zero-order chi connectivity index (χ0) is 12.0. The largest absolute Gasteiger partial charge is 0.314 e. The topological polar surface area (TPSA) is 12.0 Å². The molecular weight excluding hydrogens is 194 g/mol. The maximum absolute atomic E-state index is 3.52. The van der Waals surface area contributed by atoms with Gasteiger partial charge in [0.15, 0.2) is 0 Å². The van der Waals surface area contributed by atoms with E-state index in [-0.39, 0.29) is 0 Å². The summed E-state index contributed by atoms with van der Waals surface area (Å²) in [5.41, 5.74) is 1.82. The molecular formula is C15H25N. The predicted octanol–water partition coefficient (Wildman–Crippen LogP) is 3.64. The average Bonchev–Trinajstić information content (AvgIpc) is 2.26. The number of hydrogen-bond donors (Lipinski definition) is 1. The maximum atomic E-state index is 3.52. The molecule has 1 N–H and O–H groups in total. The smallest absolute Gasteiger partial charge is 0.00106 e. The van der Waals surface area contributed by atoms with E-state index in [2.05, 4.69) is 63.3 Å². The van der Waals surface area contributed by atoms with Crippen molar-refractivity contribution in [2.24, 2.45) is 5.41 Å². The second kappa shape index (κ2) is 6.05. The Morgan fingerprint density at radius 2 is 1.75 bits per heavy atom. The molecule has 0 saturated carbocycles. The van der Waals surface area contributed by atoms with Crippen LogP contribution in [-0.4, -0.2) is 12.6 Å². The predicted molar refractivity (Wildman–Crippen MR) is 71.7 cm³/mol. The first-order valence-corrected chi connectivity index (χ1v) is 6.27. The lowest BCUT2D eigenvalue weighted by Gasteiger charge is -2.26. The Morgan fingerprint density at radius 3 is 2.31 bits per heavy atom. The summed E-state index contributed by atoms with van der Waals surface area (Å²) in [6.45, 7) is 10.2. The highest BCUT2D eigenvalue weighted by atomic mass is 14.9. The molecule has 16 heavy (non-hydrogen) atoms. The summed E-state index contributed by atoms with van der Waals surface area (Å²) in [6, 6.07) is 11.3. The van der Waals surface area contributed by atoms with Crippen LogP contribution in [0.3, 0.4) is 0 Å². The van der Waals surface area contributed by atoms with E-state index in [0.717, 1.165) is 6.54 Å². The van der Waals surface area contributed by atoms with Crippen LogP contribution in [0.25, 0.3) is 0 Å². The number of aryl methyl sites for hydroxylation is 1. The second-order valence-electron chi connectivity index (χ2n) is 5.69. The molecule has 0 radical (unpaired) electrons. The third kappa shape index (κ3) is 5.32. The lowest BCUT2D eigenvalue weighted by Crippen LogP contribution is -2.34. The van der Waals surface area contributed by atoms with Gasteiger partial charge in [-0.2, -0.15) is 0 Å². The highest BCUT2D eigenvalue weighted by molar-refractivity contribution is 5.14. The Bertz CT molecular complexity index is 288. The van der Waals surface area contributed by atoms with Crippen molar-refractivity contribution in [3.05, 3.63) is 35.9 Å². The van der Waals surface area contributed by atoms with Gasteiger partial charge in [0.05, 0.1) is 0 Å². The number of nitrogens with one attached hydrogen (secondary N) is 1. The van der Waals surface area contributed by atoms with Gasteiger partial charge < -0.3 is 5.32 Å². The zero-order valence-electron chi connectivity index (χ0n) is 11.1. The third-order valence-electron chi connectivity index (χ3n) is 2.92. The molecule has 0 unspecified atom stereocenters. The van der Waals surface area contributed by atoms with Gasteiger partial charge in [-0.3, -0.25) is 0 Å². The monoisotopic (exact) mass is 219 g/mol. The van der Waals surface area contributed by atoms with Crippen LogP contribution in [0.15, 0.2) is 30.3 Å². The summed E-state index contributed by atoms with van der Waals surface area (Å²) in [5.74, 6) is 0. The fourth-order valence-electron chi connectivity index (χ4n) is 1.70. The molecule has 1 aromatic carbocycles. The Labute approximate surface area is 100 Å². The van der Waals surface area contributed by atoms with Crippen LogP contribution in [0.2, 0.25) is 0 Å². The summed E-state index contributed by atoms with van der Waals surface area (Å²) < 4.78 is 0. The Morgan fingerprint density at radius 1 is 1.12 bits per heavy atom. The quantitative estimate of drug-likeness (QED) is 0.770. The van der Waals surface area contributed by atoms with Crippen LogP contribution in [-0.2, 0) is 6.42 Å². The molecule has 0 bridgehead atoms. The Kier molecular flexibility index (Phi) is 5.01. The van der Waals surface area contributed by atoms with Gasteiger partial charge in [0, 0.05) is 12.6 Å². The van der Waals surface area contributed by atoms with Crippen LogP contribution in [0.5, 0.6) is 0 Å². The van der Waals surface area contributed by atoms with Crippen molar-refractivity contribution in [3.8, 4) is 0 Å².